The average molecular weight is 392 g/mol. The number of amides is 2. The van der Waals surface area contributed by atoms with Crippen LogP contribution in [0.5, 0.6) is 5.75 Å². The van der Waals surface area contributed by atoms with Gasteiger partial charge in [-0.05, 0) is 37.1 Å². The van der Waals surface area contributed by atoms with E-state index in [-0.39, 0.29) is 11.8 Å². The Hall–Kier alpha value is -3.35. The maximum absolute atomic E-state index is 12.8. The number of aryl methyl sites for hydroxylation is 1. The third kappa shape index (κ3) is 4.08. The van der Waals surface area contributed by atoms with Gasteiger partial charge in [-0.2, -0.15) is 0 Å². The number of hydrogen-bond acceptors (Lipinski definition) is 4. The van der Waals surface area contributed by atoms with Crippen LogP contribution < -0.4 is 10.1 Å². The molecule has 1 aliphatic heterocycles. The number of aromatic amines is 1. The maximum Gasteiger partial charge on any atom is 0.247 e. The molecule has 4 rings (SSSR count). The third-order valence-electron chi connectivity index (χ3n) is 5.25. The number of nitrogens with one attached hydrogen (secondary N) is 2. The van der Waals surface area contributed by atoms with Gasteiger partial charge in [-0.15, -0.1) is 0 Å². The largest absolute Gasteiger partial charge is 0.495 e. The molecule has 0 aliphatic carbocycles. The molecule has 1 saturated heterocycles. The molecule has 0 radical (unpaired) electrons. The zero-order valence-electron chi connectivity index (χ0n) is 16.4. The molecule has 7 heteroatoms. The van der Waals surface area contributed by atoms with Crippen molar-refractivity contribution in [3.8, 4) is 5.75 Å². The summed E-state index contributed by atoms with van der Waals surface area (Å²) in [6, 6.07) is 14.6. The summed E-state index contributed by atoms with van der Waals surface area (Å²) in [7, 11) is 1.56. The fraction of sp³-hybridized carbons (Fsp3) is 0.318. The van der Waals surface area contributed by atoms with Crippen LogP contribution in [0.25, 0.3) is 11.0 Å². The molecule has 2 amide bonds. The van der Waals surface area contributed by atoms with Crippen molar-refractivity contribution < 1.29 is 14.3 Å². The number of para-hydroxylation sites is 4. The molecule has 2 N–H and O–H groups in total. The zero-order valence-corrected chi connectivity index (χ0v) is 16.4. The van der Waals surface area contributed by atoms with Crippen LogP contribution in [0.4, 0.5) is 5.69 Å². The number of benzene rings is 2. The molecule has 1 aromatic heterocycles. The van der Waals surface area contributed by atoms with Crippen molar-refractivity contribution in [2.75, 3.05) is 19.0 Å². The molecule has 0 bridgehead atoms. The van der Waals surface area contributed by atoms with Gasteiger partial charge in [-0.1, -0.05) is 24.3 Å². The lowest BCUT2D eigenvalue weighted by atomic mass is 10.1. The summed E-state index contributed by atoms with van der Waals surface area (Å²) in [6.07, 6.45) is 2.32. The van der Waals surface area contributed by atoms with Crippen molar-refractivity contribution in [1.82, 2.24) is 14.9 Å². The van der Waals surface area contributed by atoms with Crippen LogP contribution >= 0.6 is 0 Å². The van der Waals surface area contributed by atoms with E-state index in [4.69, 9.17) is 4.74 Å². The van der Waals surface area contributed by atoms with Gasteiger partial charge >= 0.3 is 0 Å². The number of fused-ring (bicyclic) bond motifs is 1. The molecule has 0 spiro atoms. The van der Waals surface area contributed by atoms with Gasteiger partial charge in [0.1, 0.15) is 17.6 Å². The Bertz CT molecular complexity index is 997. The van der Waals surface area contributed by atoms with Crippen molar-refractivity contribution in [1.29, 1.82) is 0 Å². The van der Waals surface area contributed by atoms with Crippen LogP contribution in [0.3, 0.4) is 0 Å². The van der Waals surface area contributed by atoms with E-state index in [1.807, 2.05) is 36.4 Å². The number of hydrogen-bond donors (Lipinski definition) is 2. The van der Waals surface area contributed by atoms with Crippen molar-refractivity contribution in [2.24, 2.45) is 0 Å². The minimum atomic E-state index is -0.455. The Kier molecular flexibility index (Phi) is 5.46. The predicted octanol–water partition coefficient (Wildman–Crippen LogP) is 3.13. The van der Waals surface area contributed by atoms with Crippen LogP contribution in [0, 0.1) is 0 Å². The molecule has 7 nitrogen and oxygen atoms in total. The Morgan fingerprint density at radius 3 is 2.83 bits per heavy atom. The summed E-state index contributed by atoms with van der Waals surface area (Å²) >= 11 is 0. The monoisotopic (exact) mass is 392 g/mol. The summed E-state index contributed by atoms with van der Waals surface area (Å²) in [5.74, 6) is 1.18. The smallest absolute Gasteiger partial charge is 0.247 e. The highest BCUT2D eigenvalue weighted by Gasteiger charge is 2.34. The first-order chi connectivity index (χ1) is 14.2. The van der Waals surface area contributed by atoms with Gasteiger partial charge in [-0.3, -0.25) is 9.59 Å². The van der Waals surface area contributed by atoms with Gasteiger partial charge < -0.3 is 19.9 Å². The Morgan fingerprint density at radius 2 is 2.00 bits per heavy atom. The number of rotatable bonds is 6. The summed E-state index contributed by atoms with van der Waals surface area (Å²) in [5, 5.41) is 2.90. The van der Waals surface area contributed by atoms with Gasteiger partial charge in [0.15, 0.2) is 0 Å². The second-order valence-corrected chi connectivity index (χ2v) is 7.14. The van der Waals surface area contributed by atoms with Gasteiger partial charge in [0.05, 0.1) is 23.8 Å². The first-order valence-corrected chi connectivity index (χ1v) is 9.82. The van der Waals surface area contributed by atoms with Crippen LogP contribution in [0.15, 0.2) is 48.5 Å². The van der Waals surface area contributed by atoms with Crippen LogP contribution in [0.1, 0.15) is 25.1 Å². The molecule has 150 valence electrons. The molecule has 0 unspecified atom stereocenters. The molecule has 3 aromatic rings. The number of ether oxygens (including phenoxy) is 1. The lowest BCUT2D eigenvalue weighted by molar-refractivity contribution is -0.136. The lowest BCUT2D eigenvalue weighted by Crippen LogP contribution is -2.43. The Balaban J connectivity index is 1.39. The number of likely N-dealkylation sites (tertiary alicyclic amines) is 1. The number of methoxy groups -OCH3 is 1. The minimum Gasteiger partial charge on any atom is -0.495 e. The normalized spacial score (nSPS) is 16.2. The topological polar surface area (TPSA) is 87.3 Å². The van der Waals surface area contributed by atoms with Gasteiger partial charge in [-0.25, -0.2) is 4.98 Å². The molecule has 1 aliphatic rings. The Morgan fingerprint density at radius 1 is 1.21 bits per heavy atom. The molecule has 2 aromatic carbocycles. The number of nitrogens with zero attached hydrogens (tertiary/aromatic N) is 2. The third-order valence-corrected chi connectivity index (χ3v) is 5.25. The number of imidazole rings is 1. The highest BCUT2D eigenvalue weighted by atomic mass is 16.5. The molecule has 2 heterocycles. The summed E-state index contributed by atoms with van der Waals surface area (Å²) in [6.45, 7) is 0.600. The van der Waals surface area contributed by atoms with E-state index in [1.54, 1.807) is 24.1 Å². The molecule has 1 atom stereocenters. The standard InChI is InChI=1S/C22H24N4O3/c1-29-19-11-5-4-9-17(19)25-22(28)18-10-6-14-26(18)21(27)13-12-20-23-15-7-2-3-8-16(15)24-20/h2-5,7-9,11,18H,6,10,12-14H2,1H3,(H,23,24)(H,25,28)/t18-/m0/s1. The summed E-state index contributed by atoms with van der Waals surface area (Å²) < 4.78 is 5.29. The SMILES string of the molecule is COc1ccccc1NC(=O)[C@@H]1CCCN1C(=O)CCc1nc2ccccc2[nH]1. The van der Waals surface area contributed by atoms with Gasteiger partial charge in [0, 0.05) is 19.4 Å². The van der Waals surface area contributed by atoms with E-state index in [0.29, 0.717) is 37.2 Å². The fourth-order valence-corrected chi connectivity index (χ4v) is 3.79. The Labute approximate surface area is 169 Å². The van der Waals surface area contributed by atoms with Crippen LogP contribution in [0.2, 0.25) is 0 Å². The quantitative estimate of drug-likeness (QED) is 0.675. The second-order valence-electron chi connectivity index (χ2n) is 7.14. The highest BCUT2D eigenvalue weighted by molar-refractivity contribution is 5.98. The first-order valence-electron chi connectivity index (χ1n) is 9.82. The number of H-pyrrole nitrogens is 1. The number of carbonyl (C=O) groups excluding carboxylic acids is 2. The van der Waals surface area contributed by atoms with Crippen molar-refractivity contribution >= 4 is 28.5 Å². The predicted molar refractivity (Wildman–Crippen MR) is 111 cm³/mol. The molecule has 1 fully saturated rings. The van der Waals surface area contributed by atoms with E-state index in [0.717, 1.165) is 23.3 Å². The second kappa shape index (κ2) is 8.34. The van der Waals surface area contributed by atoms with Crippen LogP contribution in [-0.2, 0) is 16.0 Å². The van der Waals surface area contributed by atoms with E-state index in [2.05, 4.69) is 15.3 Å². The molecular weight excluding hydrogens is 368 g/mol. The highest BCUT2D eigenvalue weighted by Crippen LogP contribution is 2.26. The van der Waals surface area contributed by atoms with Gasteiger partial charge in [0.2, 0.25) is 11.8 Å². The summed E-state index contributed by atoms with van der Waals surface area (Å²) in [4.78, 5) is 35.1. The first kappa shape index (κ1) is 19.0. The van der Waals surface area contributed by atoms with E-state index < -0.39 is 6.04 Å². The summed E-state index contributed by atoms with van der Waals surface area (Å²) in [5.41, 5.74) is 2.47. The molecule has 29 heavy (non-hydrogen) atoms. The van der Waals surface area contributed by atoms with Crippen molar-refractivity contribution in [3.05, 3.63) is 54.4 Å². The lowest BCUT2D eigenvalue weighted by Gasteiger charge is -2.24. The zero-order chi connectivity index (χ0) is 20.2. The van der Waals surface area contributed by atoms with Crippen molar-refractivity contribution in [3.63, 3.8) is 0 Å². The van der Waals surface area contributed by atoms with E-state index in [1.165, 1.54) is 0 Å². The number of carbonyl (C=O) groups is 2. The van der Waals surface area contributed by atoms with Crippen LogP contribution in [-0.4, -0.2) is 46.4 Å². The number of anilines is 1. The average Bonchev–Trinajstić information content (AvgIpc) is 3.39. The van der Waals surface area contributed by atoms with Gasteiger partial charge in [0.25, 0.3) is 0 Å². The molecular formula is C22H24N4O3. The van der Waals surface area contributed by atoms with E-state index >= 15 is 0 Å². The van der Waals surface area contributed by atoms with E-state index in [9.17, 15) is 9.59 Å². The molecule has 0 saturated carbocycles. The number of aromatic nitrogens is 2. The minimum absolute atomic E-state index is 0.0249. The maximum atomic E-state index is 12.8. The fourth-order valence-electron chi connectivity index (χ4n) is 3.79. The van der Waals surface area contributed by atoms with Crippen molar-refractivity contribution in [2.45, 2.75) is 31.7 Å².